The highest BCUT2D eigenvalue weighted by Gasteiger charge is 2.22. The number of hydrogen-bond donors (Lipinski definition) is 1. The first-order valence-electron chi connectivity index (χ1n) is 8.90. The molecule has 0 saturated carbocycles. The molecule has 1 atom stereocenters. The zero-order valence-electron chi connectivity index (χ0n) is 15.0. The van der Waals surface area contributed by atoms with Crippen LogP contribution in [0.3, 0.4) is 0 Å². The molecule has 0 spiro atoms. The number of aromatic nitrogens is 5. The fourth-order valence-corrected chi connectivity index (χ4v) is 3.13. The molecule has 4 heterocycles. The van der Waals surface area contributed by atoms with Crippen LogP contribution in [-0.2, 0) is 4.74 Å². The number of anilines is 2. The first-order valence-corrected chi connectivity index (χ1v) is 8.90. The summed E-state index contributed by atoms with van der Waals surface area (Å²) in [7, 11) is 0. The highest BCUT2D eigenvalue weighted by atomic mass is 16.5. The van der Waals surface area contributed by atoms with Gasteiger partial charge in [0.25, 0.3) is 0 Å². The second-order valence-electron chi connectivity index (χ2n) is 6.32. The van der Waals surface area contributed by atoms with Gasteiger partial charge in [0.1, 0.15) is 23.1 Å². The van der Waals surface area contributed by atoms with Crippen molar-refractivity contribution < 1.29 is 4.74 Å². The lowest BCUT2D eigenvalue weighted by Gasteiger charge is -2.27. The number of rotatable bonds is 4. The summed E-state index contributed by atoms with van der Waals surface area (Å²) in [5.74, 6) is 1.05. The molecule has 0 amide bonds. The molecule has 1 aliphatic heterocycles. The molecule has 3 aromatic rings. The lowest BCUT2D eigenvalue weighted by Crippen LogP contribution is -2.37. The Morgan fingerprint density at radius 1 is 1.26 bits per heavy atom. The molecule has 2 N–H and O–H groups in total. The van der Waals surface area contributed by atoms with E-state index < -0.39 is 0 Å². The lowest BCUT2D eigenvalue weighted by atomic mass is 10.2. The summed E-state index contributed by atoms with van der Waals surface area (Å²) in [6.07, 6.45) is 4.01. The van der Waals surface area contributed by atoms with Crippen molar-refractivity contribution in [2.24, 2.45) is 0 Å². The average Bonchev–Trinajstić information content (AvgIpc) is 3.14. The molecule has 4 rings (SSSR count). The number of nitrogens with zero attached hydrogens (tertiary/aromatic N) is 7. The van der Waals surface area contributed by atoms with Crippen LogP contribution < -0.4 is 10.6 Å². The molecular formula is C18H20N8O. The van der Waals surface area contributed by atoms with E-state index >= 15 is 0 Å². The lowest BCUT2D eigenvalue weighted by molar-refractivity contribution is 0.122. The Labute approximate surface area is 156 Å². The van der Waals surface area contributed by atoms with Crippen molar-refractivity contribution >= 4 is 22.9 Å². The fourth-order valence-electron chi connectivity index (χ4n) is 3.13. The average molecular weight is 364 g/mol. The third kappa shape index (κ3) is 3.15. The predicted molar refractivity (Wildman–Crippen MR) is 101 cm³/mol. The molecule has 0 bridgehead atoms. The van der Waals surface area contributed by atoms with E-state index in [1.54, 1.807) is 18.6 Å². The topological polar surface area (TPSA) is 119 Å². The van der Waals surface area contributed by atoms with Gasteiger partial charge in [0, 0.05) is 24.8 Å². The number of hydrogen-bond acceptors (Lipinski definition) is 8. The number of nitrogen functional groups attached to an aromatic ring is 1. The van der Waals surface area contributed by atoms with Gasteiger partial charge in [-0.1, -0.05) is 6.92 Å². The molecular weight excluding hydrogens is 344 g/mol. The molecule has 0 aromatic carbocycles. The predicted octanol–water partition coefficient (Wildman–Crippen LogP) is 1.78. The Hall–Kier alpha value is -3.25. The van der Waals surface area contributed by atoms with E-state index in [1.165, 1.54) is 0 Å². The Kier molecular flexibility index (Phi) is 4.56. The largest absolute Gasteiger partial charge is 0.384 e. The third-order valence-electron chi connectivity index (χ3n) is 4.63. The van der Waals surface area contributed by atoms with Crippen molar-refractivity contribution in [3.8, 4) is 17.3 Å². The summed E-state index contributed by atoms with van der Waals surface area (Å²) in [5, 5.41) is 9.50. The van der Waals surface area contributed by atoms with E-state index in [0.717, 1.165) is 5.56 Å². The van der Waals surface area contributed by atoms with Crippen molar-refractivity contribution in [3.63, 3.8) is 0 Å². The minimum atomic E-state index is -0.333. The minimum absolute atomic E-state index is 0.333. The Balaban J connectivity index is 1.92. The van der Waals surface area contributed by atoms with Crippen molar-refractivity contribution in [2.45, 2.75) is 19.4 Å². The number of morpholine rings is 1. The molecule has 1 saturated heterocycles. The summed E-state index contributed by atoms with van der Waals surface area (Å²) in [4.78, 5) is 20.3. The van der Waals surface area contributed by atoms with Gasteiger partial charge in [-0.25, -0.2) is 15.0 Å². The normalized spacial score (nSPS) is 15.6. The Morgan fingerprint density at radius 2 is 2.07 bits per heavy atom. The van der Waals surface area contributed by atoms with Gasteiger partial charge in [0.05, 0.1) is 25.6 Å². The quantitative estimate of drug-likeness (QED) is 0.744. The van der Waals surface area contributed by atoms with Gasteiger partial charge in [0.15, 0.2) is 5.65 Å². The summed E-state index contributed by atoms with van der Waals surface area (Å²) in [6.45, 7) is 4.67. The Bertz CT molecular complexity index is 985. The highest BCUT2D eigenvalue weighted by molar-refractivity contribution is 5.88. The smallest absolute Gasteiger partial charge is 0.228 e. The maximum absolute atomic E-state index is 9.50. The monoisotopic (exact) mass is 364 g/mol. The summed E-state index contributed by atoms with van der Waals surface area (Å²) in [6, 6.07) is 5.58. The zero-order chi connectivity index (χ0) is 18.8. The number of nitrogens with two attached hydrogens (primary N) is 1. The molecule has 1 unspecified atom stereocenters. The van der Waals surface area contributed by atoms with Crippen LogP contribution in [0.25, 0.3) is 22.4 Å². The van der Waals surface area contributed by atoms with Crippen molar-refractivity contribution in [2.75, 3.05) is 36.9 Å². The molecule has 138 valence electrons. The Morgan fingerprint density at radius 3 is 2.74 bits per heavy atom. The van der Waals surface area contributed by atoms with Crippen molar-refractivity contribution in [3.05, 3.63) is 24.7 Å². The third-order valence-corrected chi connectivity index (χ3v) is 4.63. The zero-order valence-corrected chi connectivity index (χ0v) is 15.0. The van der Waals surface area contributed by atoms with Crippen LogP contribution in [0.15, 0.2) is 24.7 Å². The molecule has 27 heavy (non-hydrogen) atoms. The number of fused-ring (bicyclic) bond motifs is 1. The number of imidazole rings is 1. The van der Waals surface area contributed by atoms with E-state index in [2.05, 4.69) is 20.9 Å². The van der Waals surface area contributed by atoms with Crippen LogP contribution in [-0.4, -0.2) is 50.8 Å². The molecule has 0 aliphatic carbocycles. The van der Waals surface area contributed by atoms with Gasteiger partial charge in [-0.2, -0.15) is 10.2 Å². The van der Waals surface area contributed by atoms with Crippen LogP contribution in [0.4, 0.5) is 11.8 Å². The number of nitriles is 1. The molecule has 1 aliphatic rings. The molecule has 9 nitrogen and oxygen atoms in total. The van der Waals surface area contributed by atoms with Crippen LogP contribution in [0.2, 0.25) is 0 Å². The minimum Gasteiger partial charge on any atom is -0.384 e. The van der Waals surface area contributed by atoms with Gasteiger partial charge < -0.3 is 15.4 Å². The molecule has 0 radical (unpaired) electrons. The van der Waals surface area contributed by atoms with E-state index in [-0.39, 0.29) is 6.04 Å². The van der Waals surface area contributed by atoms with E-state index in [1.807, 2.05) is 17.6 Å². The van der Waals surface area contributed by atoms with E-state index in [0.29, 0.717) is 61.3 Å². The van der Waals surface area contributed by atoms with E-state index in [9.17, 15) is 5.26 Å². The van der Waals surface area contributed by atoms with Crippen LogP contribution in [0, 0.1) is 11.3 Å². The maximum atomic E-state index is 9.50. The summed E-state index contributed by atoms with van der Waals surface area (Å²) >= 11 is 0. The second kappa shape index (κ2) is 7.17. The van der Waals surface area contributed by atoms with Gasteiger partial charge >= 0.3 is 0 Å². The fraction of sp³-hybridized carbons (Fsp3) is 0.389. The standard InChI is InChI=1S/C18H20N8O/c1-2-13(9-19)26-11-22-16-15(12-3-4-14(20)21-10-12)23-18(24-17(16)26)25-5-7-27-8-6-25/h3-4,10-11,13H,2,5-8H2,1H3,(H2,20,21). The van der Waals surface area contributed by atoms with Gasteiger partial charge in [-0.15, -0.1) is 0 Å². The summed E-state index contributed by atoms with van der Waals surface area (Å²) < 4.78 is 7.25. The first kappa shape index (κ1) is 17.2. The number of ether oxygens (including phenoxy) is 1. The van der Waals surface area contributed by atoms with Crippen LogP contribution in [0.5, 0.6) is 0 Å². The molecule has 1 fully saturated rings. The maximum Gasteiger partial charge on any atom is 0.228 e. The van der Waals surface area contributed by atoms with Gasteiger partial charge in [-0.05, 0) is 18.6 Å². The van der Waals surface area contributed by atoms with Gasteiger partial charge in [-0.3, -0.25) is 4.57 Å². The highest BCUT2D eigenvalue weighted by Crippen LogP contribution is 2.29. The number of pyridine rings is 1. The van der Waals surface area contributed by atoms with Crippen molar-refractivity contribution in [1.29, 1.82) is 5.26 Å². The molecule has 9 heteroatoms. The molecule has 3 aromatic heterocycles. The van der Waals surface area contributed by atoms with Gasteiger partial charge in [0.2, 0.25) is 5.95 Å². The second-order valence-corrected chi connectivity index (χ2v) is 6.32. The SMILES string of the molecule is CCC(C#N)n1cnc2c(-c3ccc(N)nc3)nc(N3CCOCC3)nc21. The summed E-state index contributed by atoms with van der Waals surface area (Å²) in [5.41, 5.74) is 8.50. The van der Waals surface area contributed by atoms with Crippen molar-refractivity contribution in [1.82, 2.24) is 24.5 Å². The van der Waals surface area contributed by atoms with Crippen LogP contribution in [0.1, 0.15) is 19.4 Å². The van der Waals surface area contributed by atoms with Crippen LogP contribution >= 0.6 is 0 Å². The van der Waals surface area contributed by atoms with E-state index in [4.69, 9.17) is 20.4 Å². The first-order chi connectivity index (χ1) is 13.2.